The standard InChI is InChI=1S/C11H16F3N3O2/c1-10(2,3)8-7(9(18)19)15-16-17(8)6-4-5-11(12,13)14/h4-6H2,1-3H3,(H,18,19). The number of alkyl halides is 3. The summed E-state index contributed by atoms with van der Waals surface area (Å²) in [6.07, 6.45) is -5.31. The maximum Gasteiger partial charge on any atom is 0.389 e. The minimum absolute atomic E-state index is 0.00755. The molecule has 0 aliphatic carbocycles. The highest BCUT2D eigenvalue weighted by molar-refractivity contribution is 5.86. The van der Waals surface area contributed by atoms with Crippen LogP contribution >= 0.6 is 0 Å². The number of carbonyl (C=O) groups is 1. The third-order valence-electron chi connectivity index (χ3n) is 2.48. The van der Waals surface area contributed by atoms with Crippen molar-refractivity contribution in [3.05, 3.63) is 11.4 Å². The molecule has 0 radical (unpaired) electrons. The van der Waals surface area contributed by atoms with E-state index in [1.54, 1.807) is 20.8 Å². The lowest BCUT2D eigenvalue weighted by Crippen LogP contribution is -2.22. The lowest BCUT2D eigenvalue weighted by molar-refractivity contribution is -0.136. The van der Waals surface area contributed by atoms with Crippen LogP contribution < -0.4 is 0 Å². The van der Waals surface area contributed by atoms with Gasteiger partial charge < -0.3 is 5.11 Å². The molecule has 1 aromatic heterocycles. The fourth-order valence-electron chi connectivity index (χ4n) is 1.79. The van der Waals surface area contributed by atoms with E-state index in [2.05, 4.69) is 10.3 Å². The molecule has 19 heavy (non-hydrogen) atoms. The zero-order valence-corrected chi connectivity index (χ0v) is 11.0. The lowest BCUT2D eigenvalue weighted by Gasteiger charge is -2.20. The van der Waals surface area contributed by atoms with Gasteiger partial charge in [-0.15, -0.1) is 5.10 Å². The third kappa shape index (κ3) is 4.22. The first-order valence-electron chi connectivity index (χ1n) is 5.76. The number of nitrogens with zero attached hydrogens (tertiary/aromatic N) is 3. The van der Waals surface area contributed by atoms with Gasteiger partial charge in [0.05, 0.1) is 5.69 Å². The van der Waals surface area contributed by atoms with E-state index in [0.29, 0.717) is 5.69 Å². The van der Waals surface area contributed by atoms with E-state index in [-0.39, 0.29) is 18.7 Å². The number of hydrogen-bond donors (Lipinski definition) is 1. The van der Waals surface area contributed by atoms with Crippen molar-refractivity contribution in [3.8, 4) is 0 Å². The Morgan fingerprint density at radius 1 is 1.32 bits per heavy atom. The molecule has 0 atom stereocenters. The fraction of sp³-hybridized carbons (Fsp3) is 0.727. The zero-order valence-electron chi connectivity index (χ0n) is 11.0. The number of rotatable bonds is 4. The van der Waals surface area contributed by atoms with Crippen LogP contribution in [0, 0.1) is 0 Å². The Hall–Kier alpha value is -1.60. The Balaban J connectivity index is 2.93. The minimum Gasteiger partial charge on any atom is -0.476 e. The monoisotopic (exact) mass is 279 g/mol. The Morgan fingerprint density at radius 2 is 1.89 bits per heavy atom. The van der Waals surface area contributed by atoms with Crippen molar-refractivity contribution in [2.75, 3.05) is 0 Å². The lowest BCUT2D eigenvalue weighted by atomic mass is 9.90. The minimum atomic E-state index is -4.22. The molecule has 0 saturated carbocycles. The van der Waals surface area contributed by atoms with E-state index >= 15 is 0 Å². The number of halogens is 3. The van der Waals surface area contributed by atoms with Crippen LogP contribution in [0.2, 0.25) is 0 Å². The van der Waals surface area contributed by atoms with E-state index in [4.69, 9.17) is 5.11 Å². The van der Waals surface area contributed by atoms with Crippen LogP contribution in [-0.2, 0) is 12.0 Å². The molecular weight excluding hydrogens is 263 g/mol. The molecular formula is C11H16F3N3O2. The SMILES string of the molecule is CC(C)(C)c1c(C(=O)O)nnn1CCCC(F)(F)F. The summed E-state index contributed by atoms with van der Waals surface area (Å²) in [5.74, 6) is -1.23. The first kappa shape index (κ1) is 15.5. The molecule has 1 rings (SSSR count). The molecule has 0 unspecified atom stereocenters. The van der Waals surface area contributed by atoms with Crippen molar-refractivity contribution < 1.29 is 23.1 Å². The molecule has 1 heterocycles. The van der Waals surface area contributed by atoms with Crippen molar-refractivity contribution in [3.63, 3.8) is 0 Å². The highest BCUT2D eigenvalue weighted by Crippen LogP contribution is 2.26. The van der Waals surface area contributed by atoms with Gasteiger partial charge >= 0.3 is 12.1 Å². The van der Waals surface area contributed by atoms with E-state index in [1.807, 2.05) is 0 Å². The summed E-state index contributed by atoms with van der Waals surface area (Å²) < 4.78 is 37.5. The Bertz CT molecular complexity index is 461. The zero-order chi connectivity index (χ0) is 14.8. The van der Waals surface area contributed by atoms with E-state index in [1.165, 1.54) is 4.68 Å². The van der Waals surface area contributed by atoms with Gasteiger partial charge in [-0.2, -0.15) is 13.2 Å². The average molecular weight is 279 g/mol. The smallest absolute Gasteiger partial charge is 0.389 e. The van der Waals surface area contributed by atoms with Gasteiger partial charge in [0.25, 0.3) is 0 Å². The number of aryl methyl sites for hydroxylation is 1. The predicted octanol–water partition coefficient (Wildman–Crippen LogP) is 2.62. The van der Waals surface area contributed by atoms with Crippen LogP contribution in [-0.4, -0.2) is 32.2 Å². The predicted molar refractivity (Wildman–Crippen MR) is 61.0 cm³/mol. The average Bonchev–Trinajstić information content (AvgIpc) is 2.58. The summed E-state index contributed by atoms with van der Waals surface area (Å²) in [7, 11) is 0. The van der Waals surface area contributed by atoms with Gasteiger partial charge in [-0.3, -0.25) is 0 Å². The molecule has 0 fully saturated rings. The molecule has 1 aromatic rings. The van der Waals surface area contributed by atoms with Gasteiger partial charge in [0, 0.05) is 18.4 Å². The summed E-state index contributed by atoms with van der Waals surface area (Å²) in [5, 5.41) is 16.2. The second-order valence-corrected chi connectivity index (χ2v) is 5.28. The molecule has 5 nitrogen and oxygen atoms in total. The van der Waals surface area contributed by atoms with Crippen LogP contribution in [0.3, 0.4) is 0 Å². The van der Waals surface area contributed by atoms with Crippen LogP contribution in [0.15, 0.2) is 0 Å². The number of carboxylic acid groups (broad SMARTS) is 1. The summed E-state index contributed by atoms with van der Waals surface area (Å²) in [5.41, 5.74) is -0.434. The van der Waals surface area contributed by atoms with Crippen molar-refractivity contribution >= 4 is 5.97 Å². The number of carboxylic acids is 1. The Morgan fingerprint density at radius 3 is 2.32 bits per heavy atom. The number of hydrogen-bond acceptors (Lipinski definition) is 3. The summed E-state index contributed by atoms with van der Waals surface area (Å²) in [6.45, 7) is 5.28. The molecule has 1 N–H and O–H groups in total. The van der Waals surface area contributed by atoms with Crippen molar-refractivity contribution in [1.29, 1.82) is 0 Å². The van der Waals surface area contributed by atoms with Gasteiger partial charge in [0.15, 0.2) is 5.69 Å². The number of aromatic nitrogens is 3. The highest BCUT2D eigenvalue weighted by Gasteiger charge is 2.30. The molecule has 0 aromatic carbocycles. The van der Waals surface area contributed by atoms with Crippen molar-refractivity contribution in [1.82, 2.24) is 15.0 Å². The van der Waals surface area contributed by atoms with Gasteiger partial charge in [-0.25, -0.2) is 9.48 Å². The fourth-order valence-corrected chi connectivity index (χ4v) is 1.79. The second-order valence-electron chi connectivity index (χ2n) is 5.28. The molecule has 0 bridgehead atoms. The summed E-state index contributed by atoms with van der Waals surface area (Å²) in [4.78, 5) is 11.0. The van der Waals surface area contributed by atoms with Crippen molar-refractivity contribution in [2.45, 2.75) is 51.7 Å². The first-order valence-corrected chi connectivity index (χ1v) is 5.76. The molecule has 0 aliphatic rings. The molecule has 0 saturated heterocycles. The molecule has 0 aliphatic heterocycles. The summed E-state index contributed by atoms with van der Waals surface area (Å²) in [6, 6.07) is 0. The van der Waals surface area contributed by atoms with Gasteiger partial charge in [0.1, 0.15) is 0 Å². The maximum absolute atomic E-state index is 12.1. The Kier molecular flexibility index (Phi) is 4.21. The van der Waals surface area contributed by atoms with Crippen LogP contribution in [0.4, 0.5) is 13.2 Å². The molecule has 108 valence electrons. The summed E-state index contributed by atoms with van der Waals surface area (Å²) >= 11 is 0. The van der Waals surface area contributed by atoms with E-state index < -0.39 is 24.0 Å². The molecule has 0 amide bonds. The molecule has 0 spiro atoms. The van der Waals surface area contributed by atoms with Gasteiger partial charge in [0.2, 0.25) is 0 Å². The van der Waals surface area contributed by atoms with Gasteiger partial charge in [-0.1, -0.05) is 26.0 Å². The maximum atomic E-state index is 12.1. The third-order valence-corrected chi connectivity index (χ3v) is 2.48. The van der Waals surface area contributed by atoms with Crippen LogP contribution in [0.5, 0.6) is 0 Å². The largest absolute Gasteiger partial charge is 0.476 e. The normalized spacial score (nSPS) is 12.7. The topological polar surface area (TPSA) is 68.0 Å². The van der Waals surface area contributed by atoms with Gasteiger partial charge in [-0.05, 0) is 6.42 Å². The van der Waals surface area contributed by atoms with E-state index in [0.717, 1.165) is 0 Å². The quantitative estimate of drug-likeness (QED) is 0.919. The Labute approximate surface area is 108 Å². The highest BCUT2D eigenvalue weighted by atomic mass is 19.4. The van der Waals surface area contributed by atoms with Crippen molar-refractivity contribution in [2.24, 2.45) is 0 Å². The first-order chi connectivity index (χ1) is 8.52. The molecule has 8 heteroatoms. The second kappa shape index (κ2) is 5.18. The van der Waals surface area contributed by atoms with Crippen LogP contribution in [0.25, 0.3) is 0 Å². The van der Waals surface area contributed by atoms with E-state index in [9.17, 15) is 18.0 Å². The number of aromatic carboxylic acids is 1. The van der Waals surface area contributed by atoms with Crippen LogP contribution in [0.1, 0.15) is 49.8 Å².